The van der Waals surface area contributed by atoms with Gasteiger partial charge < -0.3 is 9.84 Å². The molecule has 27 heavy (non-hydrogen) atoms. The molecule has 5 heteroatoms. The van der Waals surface area contributed by atoms with E-state index < -0.39 is 0 Å². The number of fused-ring (bicyclic) bond motifs is 1. The summed E-state index contributed by atoms with van der Waals surface area (Å²) in [5.74, 6) is 1.37. The molecule has 2 aromatic carbocycles. The molecule has 0 aliphatic heterocycles. The minimum absolute atomic E-state index is 0.117. The van der Waals surface area contributed by atoms with Crippen LogP contribution in [0.1, 0.15) is 52.4 Å². The second-order valence-corrected chi connectivity index (χ2v) is 7.09. The molecule has 0 radical (unpaired) electrons. The third kappa shape index (κ3) is 5.00. The molecule has 1 heterocycles. The summed E-state index contributed by atoms with van der Waals surface area (Å²) in [6.07, 6.45) is 7.33. The van der Waals surface area contributed by atoms with Gasteiger partial charge in [-0.15, -0.1) is 15.0 Å². The van der Waals surface area contributed by atoms with Gasteiger partial charge >= 0.3 is 0 Å². The van der Waals surface area contributed by atoms with Crippen LogP contribution in [0, 0.1) is 5.92 Å². The van der Waals surface area contributed by atoms with Crippen LogP contribution in [0.2, 0.25) is 0 Å². The Kier molecular flexibility index (Phi) is 6.69. The molecule has 3 aromatic rings. The fourth-order valence-electron chi connectivity index (χ4n) is 3.35. The van der Waals surface area contributed by atoms with Crippen molar-refractivity contribution in [3.05, 3.63) is 42.5 Å². The van der Waals surface area contributed by atoms with Crippen LogP contribution in [0.4, 0.5) is 0 Å². The Labute approximate surface area is 161 Å². The number of hydrogen-bond donors (Lipinski definition) is 1. The highest BCUT2D eigenvalue weighted by molar-refractivity contribution is 5.73. The van der Waals surface area contributed by atoms with Gasteiger partial charge in [0.05, 0.1) is 6.61 Å². The number of benzene rings is 2. The third-order valence-electron chi connectivity index (χ3n) is 4.85. The molecular formula is C22H29N3O2. The lowest BCUT2D eigenvalue weighted by molar-refractivity contribution is 0.226. The van der Waals surface area contributed by atoms with Gasteiger partial charge in [-0.1, -0.05) is 51.7 Å². The predicted octanol–water partition coefficient (Wildman–Crippen LogP) is 5.50. The third-order valence-corrected chi connectivity index (χ3v) is 4.85. The van der Waals surface area contributed by atoms with Gasteiger partial charge in [0.2, 0.25) is 0 Å². The van der Waals surface area contributed by atoms with E-state index in [0.717, 1.165) is 11.0 Å². The number of unbranched alkanes of at least 4 members (excludes halogenated alkanes) is 2. The molecule has 0 fully saturated rings. The standard InChI is InChI=1S/C22H29N3O2/c1-3-5-6-10-17(9-4-2)16-27-18-13-14-21(22(26)15-18)25-23-19-11-7-8-12-20(19)24-25/h7-8,11-15,17,26H,3-6,9-10,16H2,1-2H3. The van der Waals surface area contributed by atoms with Crippen molar-refractivity contribution >= 4 is 11.0 Å². The Morgan fingerprint density at radius 3 is 2.33 bits per heavy atom. The lowest BCUT2D eigenvalue weighted by atomic mass is 9.97. The number of hydrogen-bond acceptors (Lipinski definition) is 4. The normalized spacial score (nSPS) is 12.4. The van der Waals surface area contributed by atoms with Gasteiger partial charge in [-0.05, 0) is 43.0 Å². The molecule has 0 aliphatic rings. The lowest BCUT2D eigenvalue weighted by Crippen LogP contribution is -2.12. The van der Waals surface area contributed by atoms with Gasteiger partial charge in [-0.25, -0.2) is 0 Å². The zero-order chi connectivity index (χ0) is 19.1. The Morgan fingerprint density at radius 1 is 0.963 bits per heavy atom. The molecule has 5 nitrogen and oxygen atoms in total. The molecule has 0 amide bonds. The van der Waals surface area contributed by atoms with Crippen molar-refractivity contribution in [3.63, 3.8) is 0 Å². The largest absolute Gasteiger partial charge is 0.505 e. The Balaban J connectivity index is 1.66. The average Bonchev–Trinajstić information content (AvgIpc) is 3.10. The van der Waals surface area contributed by atoms with E-state index in [1.807, 2.05) is 30.3 Å². The smallest absolute Gasteiger partial charge is 0.146 e. The average molecular weight is 367 g/mol. The summed E-state index contributed by atoms with van der Waals surface area (Å²) >= 11 is 0. The highest BCUT2D eigenvalue weighted by atomic mass is 16.5. The number of ether oxygens (including phenoxy) is 1. The summed E-state index contributed by atoms with van der Waals surface area (Å²) in [5.41, 5.74) is 2.14. The maximum absolute atomic E-state index is 10.4. The van der Waals surface area contributed by atoms with Crippen molar-refractivity contribution in [1.29, 1.82) is 0 Å². The first-order valence-corrected chi connectivity index (χ1v) is 9.99. The van der Waals surface area contributed by atoms with E-state index in [4.69, 9.17) is 4.74 Å². The molecule has 0 saturated carbocycles. The maximum Gasteiger partial charge on any atom is 0.146 e. The summed E-state index contributed by atoms with van der Waals surface area (Å²) in [7, 11) is 0. The van der Waals surface area contributed by atoms with Crippen LogP contribution in [0.5, 0.6) is 11.5 Å². The zero-order valence-corrected chi connectivity index (χ0v) is 16.3. The van der Waals surface area contributed by atoms with Crippen molar-refractivity contribution < 1.29 is 9.84 Å². The maximum atomic E-state index is 10.4. The van der Waals surface area contributed by atoms with Crippen molar-refractivity contribution in [2.75, 3.05) is 6.61 Å². The molecule has 0 aliphatic carbocycles. The topological polar surface area (TPSA) is 60.2 Å². The first kappa shape index (κ1) is 19.2. The first-order chi connectivity index (χ1) is 13.2. The van der Waals surface area contributed by atoms with Crippen LogP contribution in [0.15, 0.2) is 42.5 Å². The van der Waals surface area contributed by atoms with E-state index in [-0.39, 0.29) is 5.75 Å². The second-order valence-electron chi connectivity index (χ2n) is 7.09. The Hall–Kier alpha value is -2.56. The summed E-state index contributed by atoms with van der Waals surface area (Å²) in [4.78, 5) is 1.47. The summed E-state index contributed by atoms with van der Waals surface area (Å²) in [6, 6.07) is 13.0. The molecule has 144 valence electrons. The van der Waals surface area contributed by atoms with Crippen LogP contribution < -0.4 is 4.74 Å². The van der Waals surface area contributed by atoms with Crippen LogP contribution in [-0.4, -0.2) is 26.7 Å². The minimum Gasteiger partial charge on any atom is -0.505 e. The molecule has 0 bridgehead atoms. The van der Waals surface area contributed by atoms with Gasteiger partial charge in [0.1, 0.15) is 28.2 Å². The number of aromatic nitrogens is 3. The number of rotatable bonds is 10. The van der Waals surface area contributed by atoms with E-state index in [0.29, 0.717) is 24.0 Å². The summed E-state index contributed by atoms with van der Waals surface area (Å²) in [6.45, 7) is 5.14. The van der Waals surface area contributed by atoms with E-state index in [9.17, 15) is 5.11 Å². The van der Waals surface area contributed by atoms with Gasteiger partial charge in [-0.2, -0.15) is 0 Å². The quantitative estimate of drug-likeness (QED) is 0.481. The zero-order valence-electron chi connectivity index (χ0n) is 16.3. The highest BCUT2D eigenvalue weighted by Gasteiger charge is 2.12. The van der Waals surface area contributed by atoms with Gasteiger partial charge in [0.25, 0.3) is 0 Å². The SMILES string of the molecule is CCCCCC(CCC)COc1ccc(-n2nc3ccccc3n2)c(O)c1. The van der Waals surface area contributed by atoms with Crippen LogP contribution in [-0.2, 0) is 0 Å². The van der Waals surface area contributed by atoms with Crippen LogP contribution in [0.3, 0.4) is 0 Å². The fraction of sp³-hybridized carbons (Fsp3) is 0.455. The Bertz CT molecular complexity index is 827. The highest BCUT2D eigenvalue weighted by Crippen LogP contribution is 2.27. The molecular weight excluding hydrogens is 338 g/mol. The van der Waals surface area contributed by atoms with Crippen molar-refractivity contribution in [1.82, 2.24) is 15.0 Å². The predicted molar refractivity (Wildman–Crippen MR) is 109 cm³/mol. The van der Waals surface area contributed by atoms with Crippen molar-refractivity contribution in [2.24, 2.45) is 5.92 Å². The lowest BCUT2D eigenvalue weighted by Gasteiger charge is -2.17. The summed E-state index contributed by atoms with van der Waals surface area (Å²) < 4.78 is 5.97. The Morgan fingerprint density at radius 2 is 1.70 bits per heavy atom. The number of aromatic hydroxyl groups is 1. The van der Waals surface area contributed by atoms with Crippen LogP contribution >= 0.6 is 0 Å². The summed E-state index contributed by atoms with van der Waals surface area (Å²) in [5, 5.41) is 19.3. The van der Waals surface area contributed by atoms with E-state index in [2.05, 4.69) is 24.0 Å². The van der Waals surface area contributed by atoms with Gasteiger partial charge in [0, 0.05) is 6.07 Å². The molecule has 3 rings (SSSR count). The fourth-order valence-corrected chi connectivity index (χ4v) is 3.35. The van der Waals surface area contributed by atoms with E-state index in [1.165, 1.54) is 43.3 Å². The number of nitrogens with zero attached hydrogens (tertiary/aromatic N) is 3. The van der Waals surface area contributed by atoms with Crippen molar-refractivity contribution in [2.45, 2.75) is 52.4 Å². The molecule has 1 N–H and O–H groups in total. The molecule has 1 atom stereocenters. The van der Waals surface area contributed by atoms with Crippen LogP contribution in [0.25, 0.3) is 16.7 Å². The van der Waals surface area contributed by atoms with E-state index in [1.54, 1.807) is 12.1 Å². The molecule has 0 saturated heterocycles. The second kappa shape index (κ2) is 9.40. The van der Waals surface area contributed by atoms with Crippen molar-refractivity contribution in [3.8, 4) is 17.2 Å². The molecule has 0 spiro atoms. The van der Waals surface area contributed by atoms with Gasteiger partial charge in [-0.3, -0.25) is 0 Å². The monoisotopic (exact) mass is 367 g/mol. The number of phenolic OH excluding ortho intramolecular Hbond substituents is 1. The molecule has 1 unspecified atom stereocenters. The van der Waals surface area contributed by atoms with E-state index >= 15 is 0 Å². The first-order valence-electron chi connectivity index (χ1n) is 9.99. The minimum atomic E-state index is 0.117. The molecule has 1 aromatic heterocycles. The van der Waals surface area contributed by atoms with Gasteiger partial charge in [0.15, 0.2) is 0 Å². The number of phenols is 1.